The van der Waals surface area contributed by atoms with Gasteiger partial charge >= 0.3 is 5.69 Å². The average Bonchev–Trinajstić information content (AvgIpc) is 3.47. The van der Waals surface area contributed by atoms with E-state index in [4.69, 9.17) is 0 Å². The molecule has 0 radical (unpaired) electrons. The number of pyridine rings is 2. The van der Waals surface area contributed by atoms with Crippen molar-refractivity contribution < 1.29 is 4.79 Å². The Balaban J connectivity index is 1.68. The molecule has 1 aliphatic carbocycles. The summed E-state index contributed by atoms with van der Waals surface area (Å²) in [5, 5.41) is 3.09. The molecule has 132 valence electrons. The van der Waals surface area contributed by atoms with Crippen LogP contribution in [0.15, 0.2) is 46.4 Å². The van der Waals surface area contributed by atoms with Gasteiger partial charge in [-0.1, -0.05) is 6.07 Å². The van der Waals surface area contributed by atoms with E-state index in [1.807, 2.05) is 13.0 Å². The molecule has 0 aliphatic heterocycles. The third kappa shape index (κ3) is 2.90. The molecule has 0 aromatic carbocycles. The van der Waals surface area contributed by atoms with Gasteiger partial charge in [0.05, 0.1) is 17.0 Å². The van der Waals surface area contributed by atoms with E-state index in [-0.39, 0.29) is 28.9 Å². The third-order valence-corrected chi connectivity index (χ3v) is 4.48. The van der Waals surface area contributed by atoms with Crippen LogP contribution in [0.25, 0.3) is 11.0 Å². The van der Waals surface area contributed by atoms with Gasteiger partial charge in [0.2, 0.25) is 0 Å². The zero-order valence-corrected chi connectivity index (χ0v) is 14.1. The van der Waals surface area contributed by atoms with E-state index in [0.29, 0.717) is 5.65 Å². The fourth-order valence-corrected chi connectivity index (χ4v) is 2.93. The van der Waals surface area contributed by atoms with Crippen molar-refractivity contribution in [1.82, 2.24) is 24.8 Å². The number of aromatic nitrogens is 4. The molecule has 0 spiro atoms. The van der Waals surface area contributed by atoms with Crippen LogP contribution < -0.4 is 16.6 Å². The van der Waals surface area contributed by atoms with Gasteiger partial charge in [-0.3, -0.25) is 24.1 Å². The van der Waals surface area contributed by atoms with Crippen LogP contribution in [-0.4, -0.2) is 25.4 Å². The van der Waals surface area contributed by atoms with Crippen molar-refractivity contribution in [1.29, 1.82) is 0 Å². The Morgan fingerprint density at radius 2 is 2.15 bits per heavy atom. The lowest BCUT2D eigenvalue weighted by Gasteiger charge is -2.14. The van der Waals surface area contributed by atoms with Crippen LogP contribution in [0, 0.1) is 0 Å². The van der Waals surface area contributed by atoms with E-state index >= 15 is 0 Å². The molecule has 1 aliphatic rings. The van der Waals surface area contributed by atoms with Gasteiger partial charge in [0.15, 0.2) is 0 Å². The first-order valence-corrected chi connectivity index (χ1v) is 8.40. The van der Waals surface area contributed by atoms with Gasteiger partial charge in [-0.2, -0.15) is 0 Å². The summed E-state index contributed by atoms with van der Waals surface area (Å²) in [7, 11) is 0. The standard InChI is InChI=1S/C18H17N5O3/c1-10(11-3-2-6-19-8-11)21-16(24)12-7-14-15(20-9-12)23(13-4-5-13)18(26)22-17(14)25/h2-3,6-10,13H,4-5H2,1H3,(H,21,24)(H,22,25,26). The van der Waals surface area contributed by atoms with E-state index in [2.05, 4.69) is 20.3 Å². The monoisotopic (exact) mass is 351 g/mol. The third-order valence-electron chi connectivity index (χ3n) is 4.48. The predicted molar refractivity (Wildman–Crippen MR) is 95.0 cm³/mol. The highest BCUT2D eigenvalue weighted by Crippen LogP contribution is 2.34. The zero-order valence-electron chi connectivity index (χ0n) is 14.1. The SMILES string of the molecule is CC(NC(=O)c1cnc2c(c1)c(=O)[nH]c(=O)n2C1CC1)c1cccnc1. The number of hydrogen-bond acceptors (Lipinski definition) is 5. The first-order chi connectivity index (χ1) is 12.5. The van der Waals surface area contributed by atoms with Crippen LogP contribution in [0.3, 0.4) is 0 Å². The van der Waals surface area contributed by atoms with E-state index < -0.39 is 11.2 Å². The Kier molecular flexibility index (Phi) is 3.87. The molecular formula is C18H17N5O3. The largest absolute Gasteiger partial charge is 0.345 e. The van der Waals surface area contributed by atoms with Crippen molar-refractivity contribution in [3.8, 4) is 0 Å². The summed E-state index contributed by atoms with van der Waals surface area (Å²) >= 11 is 0. The Morgan fingerprint density at radius 3 is 2.85 bits per heavy atom. The van der Waals surface area contributed by atoms with Gasteiger partial charge in [0, 0.05) is 24.6 Å². The van der Waals surface area contributed by atoms with Crippen molar-refractivity contribution in [2.75, 3.05) is 0 Å². The normalized spacial score (nSPS) is 15.0. The summed E-state index contributed by atoms with van der Waals surface area (Å²) in [5.41, 5.74) is 0.456. The first kappa shape index (κ1) is 16.2. The van der Waals surface area contributed by atoms with Crippen LogP contribution in [-0.2, 0) is 0 Å². The molecular weight excluding hydrogens is 334 g/mol. The van der Waals surface area contributed by atoms with Crippen molar-refractivity contribution >= 4 is 16.9 Å². The number of carbonyl (C=O) groups excluding carboxylic acids is 1. The molecule has 0 bridgehead atoms. The maximum atomic E-state index is 12.5. The molecule has 1 atom stereocenters. The topological polar surface area (TPSA) is 110 Å². The minimum Gasteiger partial charge on any atom is -0.345 e. The van der Waals surface area contributed by atoms with E-state index in [1.165, 1.54) is 16.8 Å². The minimum absolute atomic E-state index is 0.0691. The quantitative estimate of drug-likeness (QED) is 0.736. The highest BCUT2D eigenvalue weighted by molar-refractivity contribution is 5.96. The lowest BCUT2D eigenvalue weighted by atomic mass is 10.1. The molecule has 1 amide bonds. The van der Waals surface area contributed by atoms with E-state index in [0.717, 1.165) is 18.4 Å². The number of H-pyrrole nitrogens is 1. The molecule has 4 rings (SSSR count). The number of amides is 1. The molecule has 1 saturated carbocycles. The molecule has 3 aromatic rings. The van der Waals surface area contributed by atoms with E-state index in [9.17, 15) is 14.4 Å². The number of carbonyl (C=O) groups is 1. The second-order valence-electron chi connectivity index (χ2n) is 6.44. The van der Waals surface area contributed by atoms with Gasteiger partial charge in [-0.15, -0.1) is 0 Å². The highest BCUT2D eigenvalue weighted by Gasteiger charge is 2.27. The second kappa shape index (κ2) is 6.21. The fraction of sp³-hybridized carbons (Fsp3) is 0.278. The number of nitrogens with one attached hydrogen (secondary N) is 2. The summed E-state index contributed by atoms with van der Waals surface area (Å²) in [6.07, 6.45) is 6.51. The molecule has 3 heterocycles. The van der Waals surface area contributed by atoms with Gasteiger partial charge in [-0.05, 0) is 37.5 Å². The average molecular weight is 351 g/mol. The fourth-order valence-electron chi connectivity index (χ4n) is 2.93. The number of hydrogen-bond donors (Lipinski definition) is 2. The number of fused-ring (bicyclic) bond motifs is 1. The molecule has 1 unspecified atom stereocenters. The minimum atomic E-state index is -0.538. The summed E-state index contributed by atoms with van der Waals surface area (Å²) in [4.78, 5) is 47.3. The van der Waals surface area contributed by atoms with Crippen molar-refractivity contribution in [2.24, 2.45) is 0 Å². The maximum Gasteiger partial charge on any atom is 0.330 e. The Hall–Kier alpha value is -3.29. The van der Waals surface area contributed by atoms with Gasteiger partial charge in [-0.25, -0.2) is 9.78 Å². The van der Waals surface area contributed by atoms with Gasteiger partial charge in [0.25, 0.3) is 11.5 Å². The molecule has 26 heavy (non-hydrogen) atoms. The van der Waals surface area contributed by atoms with Gasteiger partial charge in [0.1, 0.15) is 5.65 Å². The molecule has 8 nitrogen and oxygen atoms in total. The summed E-state index contributed by atoms with van der Waals surface area (Å²) < 4.78 is 1.50. The van der Waals surface area contributed by atoms with Crippen LogP contribution in [0.4, 0.5) is 0 Å². The second-order valence-corrected chi connectivity index (χ2v) is 6.44. The van der Waals surface area contributed by atoms with E-state index in [1.54, 1.807) is 18.5 Å². The number of nitrogens with zero attached hydrogens (tertiary/aromatic N) is 3. The van der Waals surface area contributed by atoms with Gasteiger partial charge < -0.3 is 5.32 Å². The Labute approximate surface area is 147 Å². The molecule has 3 aromatic heterocycles. The number of rotatable bonds is 4. The lowest BCUT2D eigenvalue weighted by molar-refractivity contribution is 0.0939. The molecule has 0 saturated heterocycles. The first-order valence-electron chi connectivity index (χ1n) is 8.40. The summed E-state index contributed by atoms with van der Waals surface area (Å²) in [5.74, 6) is -0.348. The van der Waals surface area contributed by atoms with Crippen molar-refractivity contribution in [2.45, 2.75) is 31.8 Å². The van der Waals surface area contributed by atoms with Crippen LogP contribution in [0.1, 0.15) is 47.8 Å². The Bertz CT molecular complexity index is 1100. The van der Waals surface area contributed by atoms with Crippen molar-refractivity contribution in [3.05, 3.63) is 68.8 Å². The molecule has 1 fully saturated rings. The highest BCUT2D eigenvalue weighted by atomic mass is 16.2. The lowest BCUT2D eigenvalue weighted by Crippen LogP contribution is -2.31. The predicted octanol–water partition coefficient (Wildman–Crippen LogP) is 1.31. The zero-order chi connectivity index (χ0) is 18.3. The smallest absolute Gasteiger partial charge is 0.330 e. The summed E-state index contributed by atoms with van der Waals surface area (Å²) in [6, 6.07) is 4.97. The molecule has 2 N–H and O–H groups in total. The Morgan fingerprint density at radius 1 is 1.35 bits per heavy atom. The van der Waals surface area contributed by atoms with Crippen LogP contribution >= 0.6 is 0 Å². The summed E-state index contributed by atoms with van der Waals surface area (Å²) in [6.45, 7) is 1.85. The maximum absolute atomic E-state index is 12.5. The van der Waals surface area contributed by atoms with Crippen LogP contribution in [0.2, 0.25) is 0 Å². The van der Waals surface area contributed by atoms with Crippen molar-refractivity contribution in [3.63, 3.8) is 0 Å². The number of aromatic amines is 1. The van der Waals surface area contributed by atoms with Crippen LogP contribution in [0.5, 0.6) is 0 Å². The molecule has 8 heteroatoms.